The highest BCUT2D eigenvalue weighted by atomic mass is 35.5. The Morgan fingerprint density at radius 3 is 2.18 bits per heavy atom. The summed E-state index contributed by atoms with van der Waals surface area (Å²) >= 11 is 11.6. The number of hydrogen-bond acceptors (Lipinski definition) is 3. The fourth-order valence-corrected chi connectivity index (χ4v) is 4.74. The first-order valence-corrected chi connectivity index (χ1v) is 13.7. The molecule has 0 heterocycles. The van der Waals surface area contributed by atoms with E-state index in [1.807, 2.05) is 25.1 Å². The van der Waals surface area contributed by atoms with Gasteiger partial charge in [-0.3, -0.25) is 4.79 Å². The number of anilines is 1. The topological polar surface area (TPSA) is 29.5 Å². The van der Waals surface area contributed by atoms with E-state index in [1.54, 1.807) is 30.3 Å². The van der Waals surface area contributed by atoms with Crippen LogP contribution in [0.5, 0.6) is 5.75 Å². The third kappa shape index (κ3) is 10.9. The first-order valence-electron chi connectivity index (χ1n) is 12.2. The van der Waals surface area contributed by atoms with Crippen LogP contribution < -0.4 is 9.04 Å². The lowest BCUT2D eigenvalue weighted by Crippen LogP contribution is -2.27. The van der Waals surface area contributed by atoms with Crippen LogP contribution in [0.2, 0.25) is 0 Å². The van der Waals surface area contributed by atoms with Crippen molar-refractivity contribution in [2.24, 2.45) is 0 Å². The van der Waals surface area contributed by atoms with Crippen LogP contribution in [0.3, 0.4) is 0 Å². The predicted octanol–water partition coefficient (Wildman–Crippen LogP) is 9.65. The van der Waals surface area contributed by atoms with Crippen LogP contribution in [0.25, 0.3) is 0 Å². The smallest absolute Gasteiger partial charge is 0.324 e. The van der Waals surface area contributed by atoms with Gasteiger partial charge in [0.25, 0.3) is 5.91 Å². The zero-order valence-electron chi connectivity index (χ0n) is 20.2. The maximum Gasteiger partial charge on any atom is 0.324 e. The summed E-state index contributed by atoms with van der Waals surface area (Å²) in [7, 11) is 0. The molecule has 0 unspecified atom stereocenters. The van der Waals surface area contributed by atoms with Crippen molar-refractivity contribution in [2.75, 3.05) is 10.9 Å². The van der Waals surface area contributed by atoms with Crippen LogP contribution in [0.4, 0.5) is 10.1 Å². The summed E-state index contributed by atoms with van der Waals surface area (Å²) < 4.78 is 18.5. The zero-order chi connectivity index (χ0) is 24.8. The minimum atomic E-state index is -2.66. The molecule has 0 radical (unpaired) electrons. The van der Waals surface area contributed by atoms with Gasteiger partial charge in [0.1, 0.15) is 5.75 Å². The number of rotatable bonds is 16. The Bertz CT molecular complexity index is 876. The van der Waals surface area contributed by atoms with Crippen molar-refractivity contribution >= 4 is 46.7 Å². The lowest BCUT2D eigenvalue weighted by Gasteiger charge is -2.25. The summed E-state index contributed by atoms with van der Waals surface area (Å²) in [5, 5.41) is 0. The number of halogens is 3. The fourth-order valence-electron chi connectivity index (χ4n) is 3.72. The lowest BCUT2D eigenvalue weighted by atomic mass is 10.1. The summed E-state index contributed by atoms with van der Waals surface area (Å²) in [5.41, 5.74) is 1.67. The number of carbonyl (C=O) groups is 1. The summed E-state index contributed by atoms with van der Waals surface area (Å²) in [6, 6.07) is 14.1. The maximum absolute atomic E-state index is 14.1. The average Bonchev–Trinajstić information content (AvgIpc) is 2.80. The van der Waals surface area contributed by atoms with Gasteiger partial charge < -0.3 is 4.74 Å². The molecule has 0 fully saturated rings. The molecule has 7 heteroatoms. The van der Waals surface area contributed by atoms with E-state index < -0.39 is 9.83 Å². The van der Waals surface area contributed by atoms with Crippen LogP contribution in [0.15, 0.2) is 48.5 Å². The second-order valence-electron chi connectivity index (χ2n) is 8.48. The Kier molecular flexibility index (Phi) is 13.2. The number of carbonyl (C=O) groups excluding carboxylic acids is 1. The molecule has 0 aliphatic carbocycles. The molecule has 188 valence electrons. The van der Waals surface area contributed by atoms with Gasteiger partial charge in [0.05, 0.1) is 12.3 Å². The van der Waals surface area contributed by atoms with Crippen LogP contribution >= 0.6 is 35.1 Å². The standard InChI is InChI=1S/C27H36Cl2FNO2S/c1-3-4-5-6-7-8-9-10-11-14-20-33-24-18-15-17-23(21-24)31(34-27(28,29)30)26(32)25-19-13-12-16-22(25)2/h12-13,15-19,21H,3-11,14,20H2,1-2H3. The Hall–Kier alpha value is -1.43. The Morgan fingerprint density at radius 2 is 1.56 bits per heavy atom. The minimum Gasteiger partial charge on any atom is -0.494 e. The molecule has 0 saturated carbocycles. The van der Waals surface area contributed by atoms with Gasteiger partial charge in [-0.05, 0) is 37.1 Å². The van der Waals surface area contributed by atoms with E-state index in [1.165, 1.54) is 55.7 Å². The van der Waals surface area contributed by atoms with Crippen molar-refractivity contribution in [3.8, 4) is 5.75 Å². The zero-order valence-corrected chi connectivity index (χ0v) is 22.5. The van der Waals surface area contributed by atoms with Gasteiger partial charge in [0.15, 0.2) is 0 Å². The molecular weight excluding hydrogens is 492 g/mol. The third-order valence-electron chi connectivity index (χ3n) is 5.57. The van der Waals surface area contributed by atoms with Gasteiger partial charge in [-0.2, -0.15) is 4.39 Å². The normalized spacial score (nSPS) is 11.4. The summed E-state index contributed by atoms with van der Waals surface area (Å²) in [6.07, 6.45) is 12.6. The molecule has 0 bridgehead atoms. The molecule has 0 aliphatic heterocycles. The number of nitrogens with zero attached hydrogens (tertiary/aromatic N) is 1. The third-order valence-corrected chi connectivity index (χ3v) is 6.75. The Labute approximate surface area is 218 Å². The number of alkyl halides is 3. The van der Waals surface area contributed by atoms with Crippen LogP contribution in [-0.2, 0) is 0 Å². The molecule has 34 heavy (non-hydrogen) atoms. The fraction of sp³-hybridized carbons (Fsp3) is 0.519. The van der Waals surface area contributed by atoms with E-state index in [2.05, 4.69) is 6.92 Å². The first kappa shape index (κ1) is 28.8. The summed E-state index contributed by atoms with van der Waals surface area (Å²) in [6.45, 7) is 4.66. The van der Waals surface area contributed by atoms with Gasteiger partial charge in [-0.25, -0.2) is 4.31 Å². The quantitative estimate of drug-likeness (QED) is 0.123. The highest BCUT2D eigenvalue weighted by molar-refractivity contribution is 8.05. The number of ether oxygens (including phenoxy) is 1. The largest absolute Gasteiger partial charge is 0.494 e. The number of amides is 1. The van der Waals surface area contributed by atoms with Crippen LogP contribution in [-0.4, -0.2) is 16.4 Å². The monoisotopic (exact) mass is 527 g/mol. The van der Waals surface area contributed by atoms with E-state index in [-0.39, 0.29) is 0 Å². The molecule has 0 atom stereocenters. The minimum absolute atomic E-state index is 0.404. The molecule has 2 rings (SSSR count). The van der Waals surface area contributed by atoms with Crippen LogP contribution in [0, 0.1) is 6.92 Å². The van der Waals surface area contributed by atoms with Crippen molar-refractivity contribution in [2.45, 2.75) is 82.0 Å². The van der Waals surface area contributed by atoms with E-state index in [0.29, 0.717) is 35.6 Å². The average molecular weight is 529 g/mol. The summed E-state index contributed by atoms with van der Waals surface area (Å²) in [5.74, 6) is 0.212. The van der Waals surface area contributed by atoms with Crippen molar-refractivity contribution < 1.29 is 13.9 Å². The van der Waals surface area contributed by atoms with E-state index in [4.69, 9.17) is 27.9 Å². The molecule has 2 aromatic rings. The molecular formula is C27H36Cl2FNO2S. The molecule has 0 N–H and O–H groups in total. The van der Waals surface area contributed by atoms with Crippen molar-refractivity contribution in [3.63, 3.8) is 0 Å². The van der Waals surface area contributed by atoms with Crippen molar-refractivity contribution in [1.29, 1.82) is 0 Å². The number of unbranched alkanes of at least 4 members (excludes halogenated alkanes) is 9. The molecule has 0 aromatic heterocycles. The summed E-state index contributed by atoms with van der Waals surface area (Å²) in [4.78, 5) is 13.2. The van der Waals surface area contributed by atoms with Crippen molar-refractivity contribution in [1.82, 2.24) is 0 Å². The predicted molar refractivity (Wildman–Crippen MR) is 145 cm³/mol. The highest BCUT2D eigenvalue weighted by Crippen LogP contribution is 2.42. The van der Waals surface area contributed by atoms with Gasteiger partial charge in [-0.15, -0.1) is 0 Å². The Balaban J connectivity index is 1.88. The van der Waals surface area contributed by atoms with E-state index in [9.17, 15) is 9.18 Å². The van der Waals surface area contributed by atoms with Gasteiger partial charge in [0.2, 0.25) is 0 Å². The second-order valence-corrected chi connectivity index (χ2v) is 11.3. The van der Waals surface area contributed by atoms with Gasteiger partial charge in [0, 0.05) is 23.6 Å². The lowest BCUT2D eigenvalue weighted by molar-refractivity contribution is 0.101. The first-order chi connectivity index (χ1) is 16.3. The molecule has 1 amide bonds. The SMILES string of the molecule is CCCCCCCCCCCCOc1cccc(N(SC(F)(Cl)Cl)C(=O)c2ccccc2C)c1. The second kappa shape index (κ2) is 15.5. The molecule has 0 saturated heterocycles. The number of hydrogen-bond donors (Lipinski definition) is 0. The van der Waals surface area contributed by atoms with Crippen molar-refractivity contribution in [3.05, 3.63) is 59.7 Å². The van der Waals surface area contributed by atoms with Crippen LogP contribution in [0.1, 0.15) is 87.1 Å². The molecule has 0 spiro atoms. The molecule has 3 nitrogen and oxygen atoms in total. The Morgan fingerprint density at radius 1 is 0.941 bits per heavy atom. The van der Waals surface area contributed by atoms with E-state index >= 15 is 0 Å². The maximum atomic E-state index is 14.1. The molecule has 2 aromatic carbocycles. The highest BCUT2D eigenvalue weighted by Gasteiger charge is 2.32. The molecule has 0 aliphatic rings. The van der Waals surface area contributed by atoms with E-state index in [0.717, 1.165) is 18.4 Å². The number of aryl methyl sites for hydroxylation is 1. The number of benzene rings is 2. The van der Waals surface area contributed by atoms with Gasteiger partial charge in [-0.1, -0.05) is 112 Å². The van der Waals surface area contributed by atoms with Gasteiger partial charge >= 0.3 is 3.92 Å².